The molecule has 0 amide bonds. The van der Waals surface area contributed by atoms with E-state index >= 15 is 0 Å². The van der Waals surface area contributed by atoms with Crippen LogP contribution in [0.3, 0.4) is 0 Å². The first-order chi connectivity index (χ1) is 14.4. The number of nitrogens with zero attached hydrogens (tertiary/aromatic N) is 2. The fourth-order valence-electron chi connectivity index (χ4n) is 2.74. The molecule has 2 heterocycles. The zero-order valence-electron chi connectivity index (χ0n) is 15.7. The molecule has 9 heteroatoms. The van der Waals surface area contributed by atoms with Crippen molar-refractivity contribution >= 4 is 38.1 Å². The molecule has 0 spiro atoms. The molecule has 0 aliphatic heterocycles. The van der Waals surface area contributed by atoms with Crippen LogP contribution in [-0.4, -0.2) is 25.5 Å². The van der Waals surface area contributed by atoms with Gasteiger partial charge in [-0.3, -0.25) is 4.72 Å². The molecule has 0 bridgehead atoms. The van der Waals surface area contributed by atoms with Gasteiger partial charge in [0.25, 0.3) is 10.0 Å². The van der Waals surface area contributed by atoms with Gasteiger partial charge in [-0.25, -0.2) is 18.4 Å². The molecule has 0 fully saturated rings. The molecule has 30 heavy (non-hydrogen) atoms. The molecule has 0 saturated heterocycles. The lowest BCUT2D eigenvalue weighted by molar-refractivity contribution is 0.414. The van der Waals surface area contributed by atoms with Crippen LogP contribution in [0.4, 0.5) is 5.69 Å². The van der Waals surface area contributed by atoms with Crippen molar-refractivity contribution in [3.05, 3.63) is 78.1 Å². The summed E-state index contributed by atoms with van der Waals surface area (Å²) in [5.74, 6) is 1.00. The summed E-state index contributed by atoms with van der Waals surface area (Å²) in [5, 5.41) is 2.08. The highest BCUT2D eigenvalue weighted by Crippen LogP contribution is 2.30. The Bertz CT molecular complexity index is 1310. The van der Waals surface area contributed by atoms with Crippen LogP contribution in [0, 0.1) is 0 Å². The molecule has 0 radical (unpaired) electrons. The Balaban J connectivity index is 1.53. The standard InChI is InChI=1S/C21H16ClN3O4S/c1-28-17-6-8-18(9-7-17)30(26,27)25-16-11-19(22)21(24-13-16)29-20-10-14-4-2-3-5-15(14)12-23-20/h2-13,25H,1H3. The molecule has 0 aliphatic rings. The highest BCUT2D eigenvalue weighted by atomic mass is 35.5. The lowest BCUT2D eigenvalue weighted by Crippen LogP contribution is -2.13. The zero-order chi connectivity index (χ0) is 21.1. The van der Waals surface area contributed by atoms with Crippen LogP contribution in [0.15, 0.2) is 78.0 Å². The third-order valence-electron chi connectivity index (χ3n) is 4.24. The largest absolute Gasteiger partial charge is 0.497 e. The van der Waals surface area contributed by atoms with Crippen LogP contribution < -0.4 is 14.2 Å². The van der Waals surface area contributed by atoms with Crippen molar-refractivity contribution in [1.29, 1.82) is 0 Å². The minimum atomic E-state index is -3.81. The first kappa shape index (κ1) is 19.9. The topological polar surface area (TPSA) is 90.4 Å². The van der Waals surface area contributed by atoms with Crippen LogP contribution in [0.5, 0.6) is 17.5 Å². The van der Waals surface area contributed by atoms with Crippen molar-refractivity contribution in [2.45, 2.75) is 4.90 Å². The van der Waals surface area contributed by atoms with Crippen molar-refractivity contribution in [3.63, 3.8) is 0 Å². The third kappa shape index (κ3) is 4.29. The Kier molecular flexibility index (Phi) is 5.43. The molecule has 2 aromatic carbocycles. The Hall–Kier alpha value is -3.36. The summed E-state index contributed by atoms with van der Waals surface area (Å²) < 4.78 is 38.2. The monoisotopic (exact) mass is 441 g/mol. The number of hydrogen-bond acceptors (Lipinski definition) is 6. The number of halogens is 1. The molecule has 4 rings (SSSR count). The van der Waals surface area contributed by atoms with E-state index in [0.29, 0.717) is 11.6 Å². The van der Waals surface area contributed by atoms with Gasteiger partial charge in [-0.1, -0.05) is 35.9 Å². The number of aromatic nitrogens is 2. The molecule has 1 N–H and O–H groups in total. The van der Waals surface area contributed by atoms with Gasteiger partial charge >= 0.3 is 0 Å². The molecular weight excluding hydrogens is 426 g/mol. The van der Waals surface area contributed by atoms with Gasteiger partial charge in [-0.15, -0.1) is 0 Å². The summed E-state index contributed by atoms with van der Waals surface area (Å²) in [6.45, 7) is 0. The Labute approximate surface area is 178 Å². The highest BCUT2D eigenvalue weighted by Gasteiger charge is 2.16. The van der Waals surface area contributed by atoms with Gasteiger partial charge in [0.2, 0.25) is 11.8 Å². The van der Waals surface area contributed by atoms with Gasteiger partial charge in [0.15, 0.2) is 0 Å². The normalized spacial score (nSPS) is 11.3. The summed E-state index contributed by atoms with van der Waals surface area (Å²) in [4.78, 5) is 8.44. The van der Waals surface area contributed by atoms with Crippen LogP contribution in [0.2, 0.25) is 5.02 Å². The molecule has 2 aromatic heterocycles. The number of pyridine rings is 2. The van der Waals surface area contributed by atoms with Gasteiger partial charge in [0.1, 0.15) is 10.8 Å². The van der Waals surface area contributed by atoms with Gasteiger partial charge in [-0.05, 0) is 35.7 Å². The van der Waals surface area contributed by atoms with E-state index in [1.807, 2.05) is 24.3 Å². The van der Waals surface area contributed by atoms with E-state index in [1.165, 1.54) is 31.5 Å². The minimum absolute atomic E-state index is 0.0834. The zero-order valence-corrected chi connectivity index (χ0v) is 17.3. The summed E-state index contributed by atoms with van der Waals surface area (Å²) in [6.07, 6.45) is 3.01. The van der Waals surface area contributed by atoms with Crippen LogP contribution in [0.25, 0.3) is 10.8 Å². The molecule has 0 unspecified atom stereocenters. The van der Waals surface area contributed by atoms with E-state index in [2.05, 4.69) is 14.7 Å². The number of ether oxygens (including phenoxy) is 2. The van der Waals surface area contributed by atoms with Crippen molar-refractivity contribution in [2.75, 3.05) is 11.8 Å². The molecule has 4 aromatic rings. The number of anilines is 1. The summed E-state index contributed by atoms with van der Waals surface area (Å²) >= 11 is 6.25. The predicted octanol–water partition coefficient (Wildman–Crippen LogP) is 4.88. The van der Waals surface area contributed by atoms with Crippen molar-refractivity contribution < 1.29 is 17.9 Å². The SMILES string of the molecule is COc1ccc(S(=O)(=O)Nc2cnc(Oc3cc4ccccc4cn3)c(Cl)c2)cc1. The van der Waals surface area contributed by atoms with Gasteiger partial charge in [0.05, 0.1) is 23.9 Å². The Morgan fingerprint density at radius 2 is 1.67 bits per heavy atom. The summed E-state index contributed by atoms with van der Waals surface area (Å²) in [7, 11) is -2.30. The Morgan fingerprint density at radius 3 is 2.37 bits per heavy atom. The lowest BCUT2D eigenvalue weighted by atomic mass is 10.2. The first-order valence-electron chi connectivity index (χ1n) is 8.80. The number of sulfonamides is 1. The van der Waals surface area contributed by atoms with E-state index in [0.717, 1.165) is 10.8 Å². The first-order valence-corrected chi connectivity index (χ1v) is 10.7. The average molecular weight is 442 g/mol. The predicted molar refractivity (Wildman–Crippen MR) is 115 cm³/mol. The van der Waals surface area contributed by atoms with Crippen LogP contribution in [0.1, 0.15) is 0 Å². The van der Waals surface area contributed by atoms with Crippen LogP contribution in [-0.2, 0) is 10.0 Å². The van der Waals surface area contributed by atoms with Crippen molar-refractivity contribution in [2.24, 2.45) is 0 Å². The molecule has 0 saturated carbocycles. The highest BCUT2D eigenvalue weighted by molar-refractivity contribution is 7.92. The third-order valence-corrected chi connectivity index (χ3v) is 5.90. The Morgan fingerprint density at radius 1 is 0.933 bits per heavy atom. The van der Waals surface area contributed by atoms with E-state index in [9.17, 15) is 8.42 Å². The number of methoxy groups -OCH3 is 1. The fourth-order valence-corrected chi connectivity index (χ4v) is 3.98. The quantitative estimate of drug-likeness (QED) is 0.458. The van der Waals surface area contributed by atoms with E-state index < -0.39 is 10.0 Å². The van der Waals surface area contributed by atoms with Crippen molar-refractivity contribution in [1.82, 2.24) is 9.97 Å². The lowest BCUT2D eigenvalue weighted by Gasteiger charge is -2.11. The number of fused-ring (bicyclic) bond motifs is 1. The van der Waals surface area contributed by atoms with Crippen LogP contribution >= 0.6 is 11.6 Å². The number of rotatable bonds is 6. The van der Waals surface area contributed by atoms with E-state index in [1.54, 1.807) is 24.4 Å². The maximum atomic E-state index is 12.5. The second kappa shape index (κ2) is 8.17. The van der Waals surface area contributed by atoms with E-state index in [4.69, 9.17) is 21.1 Å². The second-order valence-corrected chi connectivity index (χ2v) is 8.35. The maximum Gasteiger partial charge on any atom is 0.261 e. The average Bonchev–Trinajstić information content (AvgIpc) is 2.75. The number of nitrogens with one attached hydrogen (secondary N) is 1. The van der Waals surface area contributed by atoms with Gasteiger partial charge in [0, 0.05) is 17.6 Å². The number of benzene rings is 2. The minimum Gasteiger partial charge on any atom is -0.497 e. The molecule has 0 atom stereocenters. The molecule has 152 valence electrons. The molecule has 0 aliphatic carbocycles. The van der Waals surface area contributed by atoms with Gasteiger partial charge in [-0.2, -0.15) is 0 Å². The van der Waals surface area contributed by atoms with Gasteiger partial charge < -0.3 is 9.47 Å². The maximum absolute atomic E-state index is 12.5. The van der Waals surface area contributed by atoms with Crippen molar-refractivity contribution in [3.8, 4) is 17.5 Å². The molecular formula is C21H16ClN3O4S. The number of hydrogen-bond donors (Lipinski definition) is 1. The summed E-state index contributed by atoms with van der Waals surface area (Å²) in [5.41, 5.74) is 0.203. The smallest absolute Gasteiger partial charge is 0.261 e. The van der Waals surface area contributed by atoms with E-state index in [-0.39, 0.29) is 21.5 Å². The molecule has 7 nitrogen and oxygen atoms in total. The fraction of sp³-hybridized carbons (Fsp3) is 0.0476. The summed E-state index contributed by atoms with van der Waals surface area (Å²) in [6, 6.07) is 16.9. The second-order valence-electron chi connectivity index (χ2n) is 6.26.